The molecule has 0 saturated carbocycles. The van der Waals surface area contributed by atoms with Gasteiger partial charge in [0, 0.05) is 24.2 Å². The fourth-order valence-corrected chi connectivity index (χ4v) is 4.31. The number of rotatable bonds is 2. The van der Waals surface area contributed by atoms with E-state index in [1.165, 1.54) is 16.0 Å². The lowest BCUT2D eigenvalue weighted by molar-refractivity contribution is 0.761. The summed E-state index contributed by atoms with van der Waals surface area (Å²) in [6.45, 7) is 0.559. The van der Waals surface area contributed by atoms with Crippen molar-refractivity contribution < 1.29 is 0 Å². The molecule has 2 N–H and O–H groups in total. The van der Waals surface area contributed by atoms with Gasteiger partial charge < -0.3 is 10.3 Å². The Morgan fingerprint density at radius 1 is 1.29 bits per heavy atom. The van der Waals surface area contributed by atoms with Gasteiger partial charge in [0.1, 0.15) is 5.82 Å². The molecule has 0 spiro atoms. The third-order valence-corrected chi connectivity index (χ3v) is 5.41. The maximum Gasteiger partial charge on any atom is 0.118 e. The molecule has 106 valence electrons. The standard InChI is InChI=1S/C17H17N3S/c1-20-15-7-6-11(9-18)8-14(15)19-17(20)13-10-21-16-5-3-2-4-12(13)16/h2-8,13H,9-10,18H2,1H3. The molecule has 0 fully saturated rings. The zero-order valence-electron chi connectivity index (χ0n) is 11.9. The van der Waals surface area contributed by atoms with Crippen LogP contribution in [0.2, 0.25) is 0 Å². The molecule has 1 atom stereocenters. The third-order valence-electron chi connectivity index (χ3n) is 4.23. The predicted molar refractivity (Wildman–Crippen MR) is 87.6 cm³/mol. The van der Waals surface area contributed by atoms with Gasteiger partial charge in [0.25, 0.3) is 0 Å². The number of aryl methyl sites for hydroxylation is 1. The summed E-state index contributed by atoms with van der Waals surface area (Å²) in [7, 11) is 2.11. The summed E-state index contributed by atoms with van der Waals surface area (Å²) in [4.78, 5) is 6.28. The van der Waals surface area contributed by atoms with E-state index in [9.17, 15) is 0 Å². The first kappa shape index (κ1) is 12.9. The van der Waals surface area contributed by atoms with E-state index in [0.29, 0.717) is 12.5 Å². The molecule has 1 aliphatic rings. The summed E-state index contributed by atoms with van der Waals surface area (Å²) in [6.07, 6.45) is 0. The Bertz CT molecular complexity index is 822. The maximum atomic E-state index is 5.73. The van der Waals surface area contributed by atoms with Crippen LogP contribution in [0.1, 0.15) is 22.9 Å². The van der Waals surface area contributed by atoms with E-state index < -0.39 is 0 Å². The average molecular weight is 295 g/mol. The number of benzene rings is 2. The zero-order valence-corrected chi connectivity index (χ0v) is 12.7. The largest absolute Gasteiger partial charge is 0.331 e. The minimum atomic E-state index is 0.380. The number of hydrogen-bond acceptors (Lipinski definition) is 3. The Balaban J connectivity index is 1.86. The highest BCUT2D eigenvalue weighted by atomic mass is 32.2. The smallest absolute Gasteiger partial charge is 0.118 e. The van der Waals surface area contributed by atoms with Crippen LogP contribution in [-0.4, -0.2) is 15.3 Å². The summed E-state index contributed by atoms with van der Waals surface area (Å²) in [5, 5.41) is 0. The molecule has 1 unspecified atom stereocenters. The van der Waals surface area contributed by atoms with Crippen molar-refractivity contribution in [3.63, 3.8) is 0 Å². The van der Waals surface area contributed by atoms with Crippen LogP contribution in [0.25, 0.3) is 11.0 Å². The number of thioether (sulfide) groups is 1. The van der Waals surface area contributed by atoms with Gasteiger partial charge in [0.05, 0.1) is 17.0 Å². The topological polar surface area (TPSA) is 43.8 Å². The highest BCUT2D eigenvalue weighted by Crippen LogP contribution is 2.42. The maximum absolute atomic E-state index is 5.73. The Kier molecular flexibility index (Phi) is 3.01. The molecule has 1 aromatic heterocycles. The number of nitrogens with zero attached hydrogens (tertiary/aromatic N) is 2. The Morgan fingerprint density at radius 2 is 2.14 bits per heavy atom. The molecular formula is C17H17N3S. The van der Waals surface area contributed by atoms with Gasteiger partial charge in [0.15, 0.2) is 0 Å². The lowest BCUT2D eigenvalue weighted by Crippen LogP contribution is -2.07. The fourth-order valence-electron chi connectivity index (χ4n) is 3.08. The van der Waals surface area contributed by atoms with Crippen molar-refractivity contribution >= 4 is 22.8 Å². The quantitative estimate of drug-likeness (QED) is 0.789. The number of aromatic nitrogens is 2. The van der Waals surface area contributed by atoms with Crippen LogP contribution in [0.15, 0.2) is 47.4 Å². The Morgan fingerprint density at radius 3 is 3.00 bits per heavy atom. The predicted octanol–water partition coefficient (Wildman–Crippen LogP) is 3.27. The van der Waals surface area contributed by atoms with E-state index in [1.54, 1.807) is 0 Å². The normalized spacial score (nSPS) is 17.3. The molecule has 0 bridgehead atoms. The van der Waals surface area contributed by atoms with Crippen molar-refractivity contribution in [2.45, 2.75) is 17.4 Å². The summed E-state index contributed by atoms with van der Waals surface area (Å²) < 4.78 is 2.23. The second-order valence-corrected chi connectivity index (χ2v) is 6.52. The second kappa shape index (κ2) is 4.90. The average Bonchev–Trinajstić information content (AvgIpc) is 3.08. The van der Waals surface area contributed by atoms with E-state index in [-0.39, 0.29) is 0 Å². The van der Waals surface area contributed by atoms with Crippen molar-refractivity contribution in [2.24, 2.45) is 12.8 Å². The first-order valence-corrected chi connectivity index (χ1v) is 8.13. The van der Waals surface area contributed by atoms with Gasteiger partial charge in [-0.25, -0.2) is 4.98 Å². The SMILES string of the molecule is Cn1c(C2CSc3ccccc32)nc2cc(CN)ccc21. The minimum absolute atomic E-state index is 0.380. The summed E-state index contributed by atoms with van der Waals surface area (Å²) >= 11 is 1.92. The molecule has 3 nitrogen and oxygen atoms in total. The van der Waals surface area contributed by atoms with Gasteiger partial charge in [-0.1, -0.05) is 24.3 Å². The summed E-state index contributed by atoms with van der Waals surface area (Å²) in [5.74, 6) is 2.60. The Labute approximate surface area is 128 Å². The first-order valence-electron chi connectivity index (χ1n) is 7.15. The molecule has 0 amide bonds. The first-order chi connectivity index (χ1) is 10.3. The molecule has 2 aromatic carbocycles. The number of hydrogen-bond donors (Lipinski definition) is 1. The van der Waals surface area contributed by atoms with E-state index >= 15 is 0 Å². The molecule has 21 heavy (non-hydrogen) atoms. The van der Waals surface area contributed by atoms with Gasteiger partial charge in [-0.05, 0) is 29.3 Å². The zero-order chi connectivity index (χ0) is 14.4. The van der Waals surface area contributed by atoms with Gasteiger partial charge >= 0.3 is 0 Å². The van der Waals surface area contributed by atoms with Crippen molar-refractivity contribution in [1.82, 2.24) is 9.55 Å². The molecule has 0 radical (unpaired) electrons. The number of nitrogens with two attached hydrogens (primary N) is 1. The van der Waals surface area contributed by atoms with Crippen LogP contribution in [0.4, 0.5) is 0 Å². The van der Waals surface area contributed by atoms with Crippen LogP contribution in [-0.2, 0) is 13.6 Å². The van der Waals surface area contributed by atoms with Crippen molar-refractivity contribution in [2.75, 3.05) is 5.75 Å². The fraction of sp³-hybridized carbons (Fsp3) is 0.235. The molecule has 0 saturated heterocycles. The van der Waals surface area contributed by atoms with Gasteiger partial charge in [0.2, 0.25) is 0 Å². The van der Waals surface area contributed by atoms with E-state index in [0.717, 1.165) is 22.7 Å². The van der Waals surface area contributed by atoms with Crippen molar-refractivity contribution in [3.8, 4) is 0 Å². The summed E-state index contributed by atoms with van der Waals surface area (Å²) in [6, 6.07) is 15.0. The van der Waals surface area contributed by atoms with Crippen molar-refractivity contribution in [3.05, 3.63) is 59.4 Å². The third kappa shape index (κ3) is 1.98. The molecule has 1 aliphatic heterocycles. The van der Waals surface area contributed by atoms with Crippen LogP contribution in [0.3, 0.4) is 0 Å². The summed E-state index contributed by atoms with van der Waals surface area (Å²) in [5.41, 5.74) is 10.5. The van der Waals surface area contributed by atoms with E-state index in [1.807, 2.05) is 11.8 Å². The van der Waals surface area contributed by atoms with Crippen LogP contribution < -0.4 is 5.73 Å². The van der Waals surface area contributed by atoms with Gasteiger partial charge in [-0.3, -0.25) is 0 Å². The van der Waals surface area contributed by atoms with Crippen LogP contribution >= 0.6 is 11.8 Å². The molecule has 0 aliphatic carbocycles. The highest BCUT2D eigenvalue weighted by molar-refractivity contribution is 7.99. The molecule has 2 heterocycles. The number of fused-ring (bicyclic) bond motifs is 2. The Hall–Kier alpha value is -1.78. The molecule has 3 aromatic rings. The van der Waals surface area contributed by atoms with E-state index in [4.69, 9.17) is 10.7 Å². The van der Waals surface area contributed by atoms with Gasteiger partial charge in [-0.2, -0.15) is 0 Å². The van der Waals surface area contributed by atoms with Gasteiger partial charge in [-0.15, -0.1) is 11.8 Å². The lowest BCUT2D eigenvalue weighted by atomic mass is 10.0. The monoisotopic (exact) mass is 295 g/mol. The molecule has 4 heteroatoms. The molecule has 4 rings (SSSR count). The van der Waals surface area contributed by atoms with Crippen LogP contribution in [0, 0.1) is 0 Å². The minimum Gasteiger partial charge on any atom is -0.331 e. The van der Waals surface area contributed by atoms with Crippen LogP contribution in [0.5, 0.6) is 0 Å². The number of imidazole rings is 1. The van der Waals surface area contributed by atoms with Crippen molar-refractivity contribution in [1.29, 1.82) is 0 Å². The van der Waals surface area contributed by atoms with E-state index in [2.05, 4.69) is 54.1 Å². The molecular weight excluding hydrogens is 278 g/mol. The highest BCUT2D eigenvalue weighted by Gasteiger charge is 2.28. The lowest BCUT2D eigenvalue weighted by Gasteiger charge is -2.10. The second-order valence-electron chi connectivity index (χ2n) is 5.46.